The minimum Gasteiger partial charge on any atom is -0.473 e. The van der Waals surface area contributed by atoms with Crippen LogP contribution in [0.25, 0.3) is 0 Å². The third kappa shape index (κ3) is 17.7. The Balaban J connectivity index is 0. The van der Waals surface area contributed by atoms with Crippen LogP contribution in [0.2, 0.25) is 0 Å². The van der Waals surface area contributed by atoms with E-state index in [1.165, 1.54) is 0 Å². The summed E-state index contributed by atoms with van der Waals surface area (Å²) in [5, 5.41) is 17.6. The van der Waals surface area contributed by atoms with E-state index in [1.807, 2.05) is 7.05 Å². The summed E-state index contributed by atoms with van der Waals surface area (Å²) in [6.45, 7) is 0.667. The van der Waals surface area contributed by atoms with E-state index in [0.717, 1.165) is 0 Å². The number of hydrogen-bond acceptors (Lipinski definition) is 3. The molecule has 0 aliphatic rings. The lowest BCUT2D eigenvalue weighted by Crippen LogP contribution is -2.09. The Morgan fingerprint density at radius 2 is 1.82 bits per heavy atom. The second-order valence-electron chi connectivity index (χ2n) is 1.34. The van der Waals surface area contributed by atoms with Gasteiger partial charge in [-0.3, -0.25) is 0 Å². The lowest BCUT2D eigenvalue weighted by Gasteiger charge is -1.76. The van der Waals surface area contributed by atoms with Gasteiger partial charge < -0.3 is 15.5 Å². The summed E-state index contributed by atoms with van der Waals surface area (Å²) in [7, 11) is 1.82. The van der Waals surface area contributed by atoms with Crippen molar-refractivity contribution in [2.45, 2.75) is 0 Å². The highest BCUT2D eigenvalue weighted by Gasteiger charge is 2.04. The van der Waals surface area contributed by atoms with Crippen LogP contribution in [0, 0.1) is 12.3 Å². The van der Waals surface area contributed by atoms with Crippen molar-refractivity contribution in [1.82, 2.24) is 5.32 Å². The van der Waals surface area contributed by atoms with Gasteiger partial charge in [-0.1, -0.05) is 5.92 Å². The number of carboxylic acid groups (broad SMARTS) is 2. The first-order valence-corrected chi connectivity index (χ1v) is 2.60. The standard InChI is InChI=1S/C4H7N.C2H2O4/c1-3-4-5-2;3-1(4)2(5)6/h1,5H,4H2,2H3;(H,3,4)(H,5,6). The lowest BCUT2D eigenvalue weighted by molar-refractivity contribution is -0.159. The van der Waals surface area contributed by atoms with Crippen LogP contribution in [0.1, 0.15) is 0 Å². The normalized spacial score (nSPS) is 6.91. The molecular weight excluding hydrogens is 150 g/mol. The molecule has 0 unspecified atom stereocenters. The van der Waals surface area contributed by atoms with Gasteiger partial charge in [0.2, 0.25) is 0 Å². The Bertz CT molecular complexity index is 158. The maximum atomic E-state index is 9.10. The minimum atomic E-state index is -1.82. The zero-order valence-electron chi connectivity index (χ0n) is 6.00. The summed E-state index contributed by atoms with van der Waals surface area (Å²) >= 11 is 0. The summed E-state index contributed by atoms with van der Waals surface area (Å²) in [5.41, 5.74) is 0. The minimum absolute atomic E-state index is 0.667. The van der Waals surface area contributed by atoms with Gasteiger partial charge in [-0.2, -0.15) is 0 Å². The quantitative estimate of drug-likeness (QED) is 0.337. The van der Waals surface area contributed by atoms with Crippen molar-refractivity contribution in [3.05, 3.63) is 0 Å². The Morgan fingerprint density at radius 1 is 1.45 bits per heavy atom. The molecule has 0 aliphatic carbocycles. The van der Waals surface area contributed by atoms with E-state index in [1.54, 1.807) is 0 Å². The molecule has 0 fully saturated rings. The second-order valence-corrected chi connectivity index (χ2v) is 1.34. The van der Waals surface area contributed by atoms with Crippen molar-refractivity contribution < 1.29 is 19.8 Å². The molecule has 0 radical (unpaired) electrons. The van der Waals surface area contributed by atoms with Crippen LogP contribution in [0.3, 0.4) is 0 Å². The number of hydrogen-bond donors (Lipinski definition) is 3. The summed E-state index contributed by atoms with van der Waals surface area (Å²) in [6.07, 6.45) is 4.83. The highest BCUT2D eigenvalue weighted by atomic mass is 16.4. The number of nitrogens with one attached hydrogen (secondary N) is 1. The van der Waals surface area contributed by atoms with Gasteiger partial charge in [0.05, 0.1) is 6.54 Å². The van der Waals surface area contributed by atoms with E-state index in [-0.39, 0.29) is 0 Å². The largest absolute Gasteiger partial charge is 0.473 e. The van der Waals surface area contributed by atoms with Gasteiger partial charge >= 0.3 is 11.9 Å². The number of aliphatic carboxylic acids is 2. The van der Waals surface area contributed by atoms with Gasteiger partial charge in [-0.05, 0) is 7.05 Å². The van der Waals surface area contributed by atoms with Crippen molar-refractivity contribution >= 4 is 11.9 Å². The van der Waals surface area contributed by atoms with Crippen molar-refractivity contribution in [1.29, 1.82) is 0 Å². The van der Waals surface area contributed by atoms with Crippen molar-refractivity contribution in [2.75, 3.05) is 13.6 Å². The molecular formula is C6H9NO4. The van der Waals surface area contributed by atoms with E-state index in [4.69, 9.17) is 26.2 Å². The first-order chi connectivity index (χ1) is 5.06. The average Bonchev–Trinajstić information content (AvgIpc) is 1.90. The molecule has 0 aromatic carbocycles. The molecule has 0 atom stereocenters. The molecule has 0 amide bonds. The molecule has 3 N–H and O–H groups in total. The number of rotatable bonds is 1. The zero-order valence-corrected chi connectivity index (χ0v) is 6.00. The number of terminal acetylenes is 1. The topological polar surface area (TPSA) is 86.6 Å². The Labute approximate surface area is 64.0 Å². The molecule has 0 heterocycles. The molecule has 0 aliphatic heterocycles. The third-order valence-corrected chi connectivity index (χ3v) is 0.462. The molecule has 0 bridgehead atoms. The zero-order chi connectivity index (χ0) is 9.28. The summed E-state index contributed by atoms with van der Waals surface area (Å²) in [5.74, 6) is -1.24. The van der Waals surface area contributed by atoms with Gasteiger partial charge in [0.15, 0.2) is 0 Å². The van der Waals surface area contributed by atoms with E-state index < -0.39 is 11.9 Å². The monoisotopic (exact) mass is 159 g/mol. The van der Waals surface area contributed by atoms with E-state index in [9.17, 15) is 0 Å². The van der Waals surface area contributed by atoms with Crippen LogP contribution >= 0.6 is 0 Å². The molecule has 0 saturated heterocycles. The summed E-state index contributed by atoms with van der Waals surface area (Å²) in [6, 6.07) is 0. The van der Waals surface area contributed by atoms with Crippen LogP contribution in [-0.2, 0) is 9.59 Å². The second kappa shape index (κ2) is 8.46. The predicted molar refractivity (Wildman–Crippen MR) is 38.0 cm³/mol. The van der Waals surface area contributed by atoms with Crippen LogP contribution in [0.4, 0.5) is 0 Å². The first kappa shape index (κ1) is 12.2. The molecule has 5 heteroatoms. The maximum Gasteiger partial charge on any atom is 0.414 e. The van der Waals surface area contributed by atoms with Crippen LogP contribution in [0.5, 0.6) is 0 Å². The van der Waals surface area contributed by atoms with Crippen LogP contribution in [0.15, 0.2) is 0 Å². The summed E-state index contributed by atoms with van der Waals surface area (Å²) in [4.78, 5) is 18.2. The van der Waals surface area contributed by atoms with Gasteiger partial charge in [0.25, 0.3) is 0 Å². The fourth-order valence-corrected chi connectivity index (χ4v) is 0.102. The van der Waals surface area contributed by atoms with Crippen molar-refractivity contribution in [2.24, 2.45) is 0 Å². The molecule has 62 valence electrons. The highest BCUT2D eigenvalue weighted by Crippen LogP contribution is 1.56. The Morgan fingerprint density at radius 3 is 1.82 bits per heavy atom. The Kier molecular flexibility index (Phi) is 9.36. The van der Waals surface area contributed by atoms with Crippen molar-refractivity contribution in [3.63, 3.8) is 0 Å². The molecule has 5 nitrogen and oxygen atoms in total. The van der Waals surface area contributed by atoms with E-state index in [2.05, 4.69) is 11.2 Å². The van der Waals surface area contributed by atoms with Gasteiger partial charge in [-0.25, -0.2) is 9.59 Å². The smallest absolute Gasteiger partial charge is 0.414 e. The number of carbonyl (C=O) groups is 2. The van der Waals surface area contributed by atoms with Crippen LogP contribution < -0.4 is 5.32 Å². The third-order valence-electron chi connectivity index (χ3n) is 0.462. The van der Waals surface area contributed by atoms with E-state index >= 15 is 0 Å². The number of carboxylic acids is 2. The SMILES string of the molecule is C#CCNC.O=C(O)C(=O)O. The molecule has 11 heavy (non-hydrogen) atoms. The fraction of sp³-hybridized carbons (Fsp3) is 0.333. The average molecular weight is 159 g/mol. The molecule has 0 spiro atoms. The van der Waals surface area contributed by atoms with E-state index in [0.29, 0.717) is 6.54 Å². The van der Waals surface area contributed by atoms with Crippen LogP contribution in [-0.4, -0.2) is 35.7 Å². The molecule has 0 aromatic rings. The first-order valence-electron chi connectivity index (χ1n) is 2.60. The van der Waals surface area contributed by atoms with Gasteiger partial charge in [0, 0.05) is 0 Å². The highest BCUT2D eigenvalue weighted by molar-refractivity contribution is 6.27. The van der Waals surface area contributed by atoms with Crippen molar-refractivity contribution in [3.8, 4) is 12.3 Å². The fourth-order valence-electron chi connectivity index (χ4n) is 0.102. The predicted octanol–water partition coefficient (Wildman–Crippen LogP) is -1.01. The Hall–Kier alpha value is -1.54. The molecule has 0 saturated carbocycles. The summed E-state index contributed by atoms with van der Waals surface area (Å²) < 4.78 is 0. The molecule has 0 rings (SSSR count). The van der Waals surface area contributed by atoms with Gasteiger partial charge in [-0.15, -0.1) is 6.42 Å². The maximum absolute atomic E-state index is 9.10. The lowest BCUT2D eigenvalue weighted by atomic mass is 10.7. The molecule has 0 aromatic heterocycles. The van der Waals surface area contributed by atoms with Gasteiger partial charge in [0.1, 0.15) is 0 Å².